The summed E-state index contributed by atoms with van der Waals surface area (Å²) in [4.78, 5) is 23.8. The summed E-state index contributed by atoms with van der Waals surface area (Å²) in [5.74, 6) is 2.09. The molecule has 124 valence electrons. The van der Waals surface area contributed by atoms with E-state index in [9.17, 15) is 4.79 Å². The van der Waals surface area contributed by atoms with Gasteiger partial charge in [0, 0.05) is 43.5 Å². The zero-order chi connectivity index (χ0) is 16.2. The first-order valence-electron chi connectivity index (χ1n) is 8.23. The van der Waals surface area contributed by atoms with E-state index in [0.717, 1.165) is 49.6 Å². The van der Waals surface area contributed by atoms with Gasteiger partial charge in [-0.15, -0.1) is 0 Å². The van der Waals surface area contributed by atoms with E-state index >= 15 is 0 Å². The average Bonchev–Trinajstić information content (AvgIpc) is 3.00. The number of fused-ring (bicyclic) bond motifs is 1. The SMILES string of the molecule is CC(C)c1nccn1CCCNc1nc2c(c(=O)[nH]1)CCNC2. The second-order valence-corrected chi connectivity index (χ2v) is 6.18. The summed E-state index contributed by atoms with van der Waals surface area (Å²) in [7, 11) is 0. The molecule has 0 aromatic carbocycles. The molecule has 23 heavy (non-hydrogen) atoms. The number of nitrogens with zero attached hydrogens (tertiary/aromatic N) is 3. The summed E-state index contributed by atoms with van der Waals surface area (Å²) in [5, 5.41) is 6.46. The lowest BCUT2D eigenvalue weighted by atomic mass is 10.1. The molecular formula is C16H24N6O. The molecule has 0 fully saturated rings. The second-order valence-electron chi connectivity index (χ2n) is 6.18. The molecule has 0 atom stereocenters. The number of aromatic nitrogens is 4. The van der Waals surface area contributed by atoms with Crippen LogP contribution in [0.5, 0.6) is 0 Å². The van der Waals surface area contributed by atoms with Crippen molar-refractivity contribution in [1.29, 1.82) is 0 Å². The number of nitrogens with one attached hydrogen (secondary N) is 3. The van der Waals surface area contributed by atoms with Crippen LogP contribution >= 0.6 is 0 Å². The number of imidazole rings is 1. The zero-order valence-corrected chi connectivity index (χ0v) is 13.7. The van der Waals surface area contributed by atoms with Crippen LogP contribution in [-0.4, -0.2) is 32.6 Å². The van der Waals surface area contributed by atoms with Gasteiger partial charge in [-0.1, -0.05) is 13.8 Å². The summed E-state index contributed by atoms with van der Waals surface area (Å²) >= 11 is 0. The van der Waals surface area contributed by atoms with Crippen molar-refractivity contribution in [2.45, 2.75) is 45.7 Å². The van der Waals surface area contributed by atoms with Crippen molar-refractivity contribution in [3.63, 3.8) is 0 Å². The highest BCUT2D eigenvalue weighted by atomic mass is 16.1. The fourth-order valence-electron chi connectivity index (χ4n) is 2.92. The molecule has 2 aromatic heterocycles. The van der Waals surface area contributed by atoms with Gasteiger partial charge in [-0.2, -0.15) is 0 Å². The standard InChI is InChI=1S/C16H24N6O/c1-11(2)14-18-7-9-22(14)8-3-5-19-16-20-13-10-17-6-4-12(13)15(23)21-16/h7,9,11,17H,3-6,8,10H2,1-2H3,(H2,19,20,21,23). The van der Waals surface area contributed by atoms with Gasteiger partial charge in [-0.25, -0.2) is 9.97 Å². The summed E-state index contributed by atoms with van der Waals surface area (Å²) < 4.78 is 2.18. The highest BCUT2D eigenvalue weighted by Crippen LogP contribution is 2.12. The fraction of sp³-hybridized carbons (Fsp3) is 0.562. The van der Waals surface area contributed by atoms with Crippen molar-refractivity contribution in [3.05, 3.63) is 39.8 Å². The Hall–Kier alpha value is -2.15. The molecule has 3 heterocycles. The number of hydrogen-bond acceptors (Lipinski definition) is 5. The lowest BCUT2D eigenvalue weighted by molar-refractivity contribution is 0.598. The largest absolute Gasteiger partial charge is 0.356 e. The van der Waals surface area contributed by atoms with Crippen molar-refractivity contribution in [2.24, 2.45) is 0 Å². The quantitative estimate of drug-likeness (QED) is 0.698. The van der Waals surface area contributed by atoms with Crippen LogP contribution in [0.3, 0.4) is 0 Å². The number of H-pyrrole nitrogens is 1. The number of aromatic amines is 1. The van der Waals surface area contributed by atoms with E-state index in [4.69, 9.17) is 0 Å². The minimum atomic E-state index is -0.0179. The van der Waals surface area contributed by atoms with E-state index in [1.165, 1.54) is 0 Å². The lowest BCUT2D eigenvalue weighted by Crippen LogP contribution is -2.31. The van der Waals surface area contributed by atoms with Crippen molar-refractivity contribution >= 4 is 5.95 Å². The molecule has 1 aliphatic heterocycles. The maximum absolute atomic E-state index is 12.0. The Kier molecular flexibility index (Phi) is 4.76. The van der Waals surface area contributed by atoms with E-state index < -0.39 is 0 Å². The zero-order valence-electron chi connectivity index (χ0n) is 13.7. The van der Waals surface area contributed by atoms with Gasteiger partial charge in [0.1, 0.15) is 5.82 Å². The molecule has 7 heteroatoms. The maximum Gasteiger partial charge on any atom is 0.255 e. The summed E-state index contributed by atoms with van der Waals surface area (Å²) in [5.41, 5.74) is 1.66. The molecule has 0 bridgehead atoms. The first kappa shape index (κ1) is 15.7. The topological polar surface area (TPSA) is 87.6 Å². The van der Waals surface area contributed by atoms with Crippen molar-refractivity contribution < 1.29 is 0 Å². The van der Waals surface area contributed by atoms with Gasteiger partial charge >= 0.3 is 0 Å². The third-order valence-corrected chi connectivity index (χ3v) is 4.08. The van der Waals surface area contributed by atoms with Crippen molar-refractivity contribution in [3.8, 4) is 0 Å². The van der Waals surface area contributed by atoms with Gasteiger partial charge in [0.15, 0.2) is 0 Å². The predicted molar refractivity (Wildman–Crippen MR) is 89.7 cm³/mol. The van der Waals surface area contributed by atoms with E-state index in [1.54, 1.807) is 0 Å². The Bertz CT molecular complexity index is 718. The van der Waals surface area contributed by atoms with Crippen molar-refractivity contribution in [1.82, 2.24) is 24.8 Å². The second kappa shape index (κ2) is 6.95. The summed E-state index contributed by atoms with van der Waals surface area (Å²) in [6.07, 6.45) is 5.55. The Morgan fingerprint density at radius 1 is 1.43 bits per heavy atom. The van der Waals surface area contributed by atoms with Crippen LogP contribution in [0.2, 0.25) is 0 Å². The molecule has 1 aliphatic rings. The van der Waals surface area contributed by atoms with Gasteiger partial charge in [0.05, 0.1) is 5.69 Å². The van der Waals surface area contributed by atoms with Gasteiger partial charge in [-0.3, -0.25) is 9.78 Å². The van der Waals surface area contributed by atoms with Crippen LogP contribution in [0.4, 0.5) is 5.95 Å². The number of rotatable bonds is 6. The normalized spacial score (nSPS) is 14.0. The maximum atomic E-state index is 12.0. The summed E-state index contributed by atoms with van der Waals surface area (Å²) in [6.45, 7) is 7.45. The molecule has 0 spiro atoms. The highest BCUT2D eigenvalue weighted by Gasteiger charge is 2.14. The molecule has 2 aromatic rings. The molecule has 7 nitrogen and oxygen atoms in total. The number of aryl methyl sites for hydroxylation is 1. The average molecular weight is 316 g/mol. The predicted octanol–water partition coefficient (Wildman–Crippen LogP) is 1.24. The fourth-order valence-corrected chi connectivity index (χ4v) is 2.92. The molecule has 3 N–H and O–H groups in total. The van der Waals surface area contributed by atoms with E-state index in [-0.39, 0.29) is 5.56 Å². The van der Waals surface area contributed by atoms with Crippen LogP contribution in [0.25, 0.3) is 0 Å². The highest BCUT2D eigenvalue weighted by molar-refractivity contribution is 5.30. The minimum absolute atomic E-state index is 0.0179. The molecule has 0 saturated carbocycles. The molecule has 0 aliphatic carbocycles. The molecule has 0 unspecified atom stereocenters. The first-order chi connectivity index (χ1) is 11.1. The minimum Gasteiger partial charge on any atom is -0.356 e. The van der Waals surface area contributed by atoms with Crippen LogP contribution < -0.4 is 16.2 Å². The Labute approximate surface area is 135 Å². The molecule has 0 radical (unpaired) electrons. The molecule has 0 amide bonds. The number of anilines is 1. The van der Waals surface area contributed by atoms with Gasteiger partial charge in [0.2, 0.25) is 5.95 Å². The van der Waals surface area contributed by atoms with E-state index in [0.29, 0.717) is 18.4 Å². The van der Waals surface area contributed by atoms with Gasteiger partial charge < -0.3 is 15.2 Å². The van der Waals surface area contributed by atoms with Crippen LogP contribution in [-0.2, 0) is 19.5 Å². The van der Waals surface area contributed by atoms with Gasteiger partial charge in [-0.05, 0) is 19.4 Å². The molecular weight excluding hydrogens is 292 g/mol. The smallest absolute Gasteiger partial charge is 0.255 e. The Balaban J connectivity index is 1.56. The first-order valence-corrected chi connectivity index (χ1v) is 8.23. The summed E-state index contributed by atoms with van der Waals surface area (Å²) in [6, 6.07) is 0. The third-order valence-electron chi connectivity index (χ3n) is 4.08. The Morgan fingerprint density at radius 2 is 2.30 bits per heavy atom. The van der Waals surface area contributed by atoms with E-state index in [1.807, 2.05) is 12.4 Å². The van der Waals surface area contributed by atoms with Gasteiger partial charge in [0.25, 0.3) is 5.56 Å². The number of hydrogen-bond donors (Lipinski definition) is 3. The monoisotopic (exact) mass is 316 g/mol. The van der Waals surface area contributed by atoms with Crippen molar-refractivity contribution in [2.75, 3.05) is 18.4 Å². The van der Waals surface area contributed by atoms with E-state index in [2.05, 4.69) is 44.0 Å². The van der Waals surface area contributed by atoms with Crippen LogP contribution in [0.1, 0.15) is 43.3 Å². The van der Waals surface area contributed by atoms with Crippen LogP contribution in [0, 0.1) is 0 Å². The van der Waals surface area contributed by atoms with Crippen LogP contribution in [0.15, 0.2) is 17.2 Å². The molecule has 3 rings (SSSR count). The molecule has 0 saturated heterocycles. The Morgan fingerprint density at radius 3 is 3.13 bits per heavy atom. The lowest BCUT2D eigenvalue weighted by Gasteiger charge is -2.16. The third kappa shape index (κ3) is 3.61.